The van der Waals surface area contributed by atoms with Gasteiger partial charge in [0.25, 0.3) is 0 Å². The molecule has 1 aromatic carbocycles. The van der Waals surface area contributed by atoms with Crippen LogP contribution in [0, 0.1) is 5.92 Å². The van der Waals surface area contributed by atoms with E-state index in [4.69, 9.17) is 5.73 Å². The lowest BCUT2D eigenvalue weighted by Crippen LogP contribution is -2.41. The molecule has 0 saturated heterocycles. The van der Waals surface area contributed by atoms with E-state index in [0.29, 0.717) is 18.5 Å². The first kappa shape index (κ1) is 11.9. The minimum Gasteiger partial charge on any atom is -0.370 e. The van der Waals surface area contributed by atoms with Gasteiger partial charge in [0.05, 0.1) is 17.4 Å². The molecule has 0 bridgehead atoms. The molecular formula is C13H20N4. The average molecular weight is 232 g/mol. The molecule has 17 heavy (non-hydrogen) atoms. The number of nitrogens with one attached hydrogen (secondary N) is 1. The molecule has 0 aliphatic carbocycles. The fraction of sp³-hybridized carbons (Fsp3) is 0.462. The van der Waals surface area contributed by atoms with E-state index in [0.717, 1.165) is 11.0 Å². The highest BCUT2D eigenvalue weighted by Gasteiger charge is 2.17. The van der Waals surface area contributed by atoms with Crippen LogP contribution >= 0.6 is 0 Å². The van der Waals surface area contributed by atoms with E-state index in [1.165, 1.54) is 5.69 Å². The van der Waals surface area contributed by atoms with E-state index in [-0.39, 0.29) is 0 Å². The molecule has 4 nitrogen and oxygen atoms in total. The van der Waals surface area contributed by atoms with Gasteiger partial charge in [0.15, 0.2) is 0 Å². The highest BCUT2D eigenvalue weighted by molar-refractivity contribution is 5.79. The minimum absolute atomic E-state index is 0.357. The Bertz CT molecular complexity index is 489. The summed E-state index contributed by atoms with van der Waals surface area (Å²) < 4.78 is 0. The zero-order chi connectivity index (χ0) is 12.4. The average Bonchev–Trinajstić information content (AvgIpc) is 2.75. The second kappa shape index (κ2) is 4.75. The number of aromatic nitrogens is 2. The first-order chi connectivity index (χ1) is 8.13. The van der Waals surface area contributed by atoms with Gasteiger partial charge in [0.2, 0.25) is 0 Å². The summed E-state index contributed by atoms with van der Waals surface area (Å²) in [6, 6.07) is 6.60. The minimum atomic E-state index is 0.357. The van der Waals surface area contributed by atoms with Crippen molar-refractivity contribution in [2.24, 2.45) is 11.7 Å². The van der Waals surface area contributed by atoms with Crippen LogP contribution in [-0.2, 0) is 0 Å². The molecule has 1 heterocycles. The van der Waals surface area contributed by atoms with Crippen molar-refractivity contribution in [1.82, 2.24) is 9.97 Å². The monoisotopic (exact) mass is 232 g/mol. The predicted molar refractivity (Wildman–Crippen MR) is 72.2 cm³/mol. The standard InChI is InChI=1S/C13H20N4/c1-9(2)13(7-14)17(3)10-4-5-11-12(6-10)16-8-15-11/h4-6,8-9,13H,7,14H2,1-3H3,(H,15,16). The van der Waals surface area contributed by atoms with Crippen molar-refractivity contribution in [3.05, 3.63) is 24.5 Å². The van der Waals surface area contributed by atoms with E-state index >= 15 is 0 Å². The van der Waals surface area contributed by atoms with Gasteiger partial charge in [-0.2, -0.15) is 0 Å². The number of hydrogen-bond donors (Lipinski definition) is 2. The fourth-order valence-corrected chi connectivity index (χ4v) is 2.21. The second-order valence-electron chi connectivity index (χ2n) is 4.76. The third-order valence-electron chi connectivity index (χ3n) is 3.32. The number of nitrogens with two attached hydrogens (primary N) is 1. The van der Waals surface area contributed by atoms with E-state index in [2.05, 4.69) is 47.9 Å². The van der Waals surface area contributed by atoms with E-state index in [1.807, 2.05) is 6.07 Å². The van der Waals surface area contributed by atoms with E-state index < -0.39 is 0 Å². The maximum Gasteiger partial charge on any atom is 0.0931 e. The number of likely N-dealkylation sites (N-methyl/N-ethyl adjacent to an activating group) is 1. The number of hydrogen-bond acceptors (Lipinski definition) is 3. The largest absolute Gasteiger partial charge is 0.370 e. The third-order valence-corrected chi connectivity index (χ3v) is 3.32. The molecular weight excluding hydrogens is 212 g/mol. The third kappa shape index (κ3) is 2.26. The molecule has 2 aromatic rings. The van der Waals surface area contributed by atoms with Crippen LogP contribution in [0.15, 0.2) is 24.5 Å². The Hall–Kier alpha value is -1.55. The molecule has 0 saturated carbocycles. The number of anilines is 1. The lowest BCUT2D eigenvalue weighted by Gasteiger charge is -2.32. The maximum absolute atomic E-state index is 5.84. The summed E-state index contributed by atoms with van der Waals surface area (Å²) in [6.45, 7) is 5.06. The van der Waals surface area contributed by atoms with Gasteiger partial charge >= 0.3 is 0 Å². The van der Waals surface area contributed by atoms with Gasteiger partial charge < -0.3 is 15.6 Å². The smallest absolute Gasteiger partial charge is 0.0931 e. The zero-order valence-corrected chi connectivity index (χ0v) is 10.6. The highest BCUT2D eigenvalue weighted by Crippen LogP contribution is 2.22. The van der Waals surface area contributed by atoms with Crippen molar-refractivity contribution in [2.45, 2.75) is 19.9 Å². The van der Waals surface area contributed by atoms with Crippen molar-refractivity contribution >= 4 is 16.7 Å². The Morgan fingerprint density at radius 1 is 1.41 bits per heavy atom. The Morgan fingerprint density at radius 2 is 2.18 bits per heavy atom. The summed E-state index contributed by atoms with van der Waals surface area (Å²) >= 11 is 0. The van der Waals surface area contributed by atoms with Crippen LogP contribution in [0.25, 0.3) is 11.0 Å². The summed E-state index contributed by atoms with van der Waals surface area (Å²) in [6.07, 6.45) is 1.72. The van der Waals surface area contributed by atoms with Gasteiger partial charge in [-0.15, -0.1) is 0 Å². The topological polar surface area (TPSA) is 57.9 Å². The van der Waals surface area contributed by atoms with Crippen LogP contribution in [0.4, 0.5) is 5.69 Å². The number of benzene rings is 1. The zero-order valence-electron chi connectivity index (χ0n) is 10.6. The van der Waals surface area contributed by atoms with Crippen LogP contribution in [0.1, 0.15) is 13.8 Å². The molecule has 0 amide bonds. The molecule has 0 radical (unpaired) electrons. The van der Waals surface area contributed by atoms with Crippen molar-refractivity contribution in [2.75, 3.05) is 18.5 Å². The Balaban J connectivity index is 2.31. The number of aromatic amines is 1. The Morgan fingerprint density at radius 3 is 2.82 bits per heavy atom. The summed E-state index contributed by atoms with van der Waals surface area (Å²) in [5.74, 6) is 0.530. The predicted octanol–water partition coefficient (Wildman–Crippen LogP) is 1.98. The van der Waals surface area contributed by atoms with Crippen molar-refractivity contribution in [3.63, 3.8) is 0 Å². The lowest BCUT2D eigenvalue weighted by molar-refractivity contribution is 0.480. The van der Waals surface area contributed by atoms with Gasteiger partial charge in [0.1, 0.15) is 0 Å². The number of imidazole rings is 1. The SMILES string of the molecule is CC(C)C(CN)N(C)c1ccc2nc[nH]c2c1. The lowest BCUT2D eigenvalue weighted by atomic mass is 10.0. The molecule has 2 rings (SSSR count). The van der Waals surface area contributed by atoms with Crippen molar-refractivity contribution in [1.29, 1.82) is 0 Å². The molecule has 1 aromatic heterocycles. The molecule has 92 valence electrons. The van der Waals surface area contributed by atoms with Crippen LogP contribution in [0.2, 0.25) is 0 Å². The quantitative estimate of drug-likeness (QED) is 0.847. The summed E-state index contributed by atoms with van der Waals surface area (Å²) in [7, 11) is 2.09. The Kier molecular flexibility index (Phi) is 3.33. The second-order valence-corrected chi connectivity index (χ2v) is 4.76. The van der Waals surface area contributed by atoms with Crippen molar-refractivity contribution < 1.29 is 0 Å². The number of H-pyrrole nitrogens is 1. The number of nitrogens with zero attached hydrogens (tertiary/aromatic N) is 2. The molecule has 0 fully saturated rings. The van der Waals surface area contributed by atoms with Gasteiger partial charge in [-0.25, -0.2) is 4.98 Å². The van der Waals surface area contributed by atoms with Crippen LogP contribution < -0.4 is 10.6 Å². The molecule has 0 aliphatic heterocycles. The molecule has 4 heteroatoms. The first-order valence-corrected chi connectivity index (χ1v) is 5.99. The van der Waals surface area contributed by atoms with Crippen LogP contribution in [0.5, 0.6) is 0 Å². The first-order valence-electron chi connectivity index (χ1n) is 5.99. The number of fused-ring (bicyclic) bond motifs is 1. The fourth-order valence-electron chi connectivity index (χ4n) is 2.21. The van der Waals surface area contributed by atoms with E-state index in [1.54, 1.807) is 6.33 Å². The maximum atomic E-state index is 5.84. The molecule has 1 atom stereocenters. The van der Waals surface area contributed by atoms with Gasteiger partial charge in [-0.05, 0) is 24.1 Å². The van der Waals surface area contributed by atoms with Crippen molar-refractivity contribution in [3.8, 4) is 0 Å². The Labute approximate surface area is 102 Å². The highest BCUT2D eigenvalue weighted by atomic mass is 15.1. The van der Waals surface area contributed by atoms with Gasteiger partial charge in [-0.1, -0.05) is 13.8 Å². The molecule has 0 spiro atoms. The van der Waals surface area contributed by atoms with Crippen LogP contribution in [0.3, 0.4) is 0 Å². The van der Waals surface area contributed by atoms with Crippen LogP contribution in [-0.4, -0.2) is 29.6 Å². The summed E-state index contributed by atoms with van der Waals surface area (Å²) in [5.41, 5.74) is 9.07. The summed E-state index contributed by atoms with van der Waals surface area (Å²) in [4.78, 5) is 9.59. The number of rotatable bonds is 4. The molecule has 3 N–H and O–H groups in total. The molecule has 1 unspecified atom stereocenters. The van der Waals surface area contributed by atoms with Gasteiger partial charge in [0, 0.05) is 25.3 Å². The van der Waals surface area contributed by atoms with E-state index in [9.17, 15) is 0 Å². The summed E-state index contributed by atoms with van der Waals surface area (Å²) in [5, 5.41) is 0. The molecule has 0 aliphatic rings. The van der Waals surface area contributed by atoms with Gasteiger partial charge in [-0.3, -0.25) is 0 Å². The normalized spacial score (nSPS) is 13.2.